The van der Waals surface area contributed by atoms with E-state index in [0.29, 0.717) is 17.1 Å². The normalized spacial score (nSPS) is 10.5. The van der Waals surface area contributed by atoms with E-state index < -0.39 is 0 Å². The van der Waals surface area contributed by atoms with Crippen molar-refractivity contribution in [3.8, 4) is 22.6 Å². The maximum atomic E-state index is 12.9. The molecule has 0 N–H and O–H groups in total. The van der Waals surface area contributed by atoms with Crippen LogP contribution in [0.2, 0.25) is 0 Å². The van der Waals surface area contributed by atoms with Crippen LogP contribution in [0.15, 0.2) is 97.1 Å². The first kappa shape index (κ1) is 15.9. The minimum atomic E-state index is -0.109. The molecule has 0 spiro atoms. The SMILES string of the molecule is O=C(c1ccccc1)c1cc(-c2ccccc2)nc(-c2ccccc2)n1. The van der Waals surface area contributed by atoms with E-state index in [1.54, 1.807) is 18.2 Å². The van der Waals surface area contributed by atoms with Crippen LogP contribution in [0.5, 0.6) is 0 Å². The number of ketones is 1. The lowest BCUT2D eigenvalue weighted by Gasteiger charge is -2.08. The molecule has 4 aromatic rings. The van der Waals surface area contributed by atoms with Crippen molar-refractivity contribution in [2.75, 3.05) is 0 Å². The van der Waals surface area contributed by atoms with Gasteiger partial charge in [0.05, 0.1) is 5.69 Å². The Morgan fingerprint density at radius 2 is 1.15 bits per heavy atom. The van der Waals surface area contributed by atoms with Gasteiger partial charge in [0.15, 0.2) is 5.82 Å². The van der Waals surface area contributed by atoms with Crippen LogP contribution in [-0.2, 0) is 0 Å². The summed E-state index contributed by atoms with van der Waals surface area (Å²) in [5, 5.41) is 0. The Morgan fingerprint density at radius 1 is 0.615 bits per heavy atom. The van der Waals surface area contributed by atoms with E-state index in [4.69, 9.17) is 0 Å². The number of carbonyl (C=O) groups is 1. The van der Waals surface area contributed by atoms with E-state index in [1.165, 1.54) is 0 Å². The van der Waals surface area contributed by atoms with Crippen LogP contribution in [0.25, 0.3) is 22.6 Å². The highest BCUT2D eigenvalue weighted by molar-refractivity contribution is 6.08. The molecule has 0 bridgehead atoms. The molecule has 0 unspecified atom stereocenters. The van der Waals surface area contributed by atoms with Crippen LogP contribution in [0.4, 0.5) is 0 Å². The van der Waals surface area contributed by atoms with Crippen LogP contribution in [0.3, 0.4) is 0 Å². The molecule has 1 aromatic heterocycles. The van der Waals surface area contributed by atoms with Gasteiger partial charge in [-0.2, -0.15) is 0 Å². The molecule has 0 aliphatic heterocycles. The van der Waals surface area contributed by atoms with Crippen molar-refractivity contribution in [3.05, 3.63) is 108 Å². The highest BCUT2D eigenvalue weighted by Crippen LogP contribution is 2.23. The zero-order chi connectivity index (χ0) is 17.8. The minimum absolute atomic E-state index is 0.109. The molecule has 0 saturated heterocycles. The number of carbonyl (C=O) groups excluding carboxylic acids is 1. The summed E-state index contributed by atoms with van der Waals surface area (Å²) >= 11 is 0. The van der Waals surface area contributed by atoms with Crippen molar-refractivity contribution in [2.24, 2.45) is 0 Å². The molecule has 0 aliphatic rings. The van der Waals surface area contributed by atoms with E-state index in [-0.39, 0.29) is 5.78 Å². The number of hydrogen-bond donors (Lipinski definition) is 0. The van der Waals surface area contributed by atoms with Crippen molar-refractivity contribution in [3.63, 3.8) is 0 Å². The van der Waals surface area contributed by atoms with Crippen LogP contribution >= 0.6 is 0 Å². The van der Waals surface area contributed by atoms with E-state index in [9.17, 15) is 4.79 Å². The van der Waals surface area contributed by atoms with E-state index in [2.05, 4.69) is 9.97 Å². The van der Waals surface area contributed by atoms with Gasteiger partial charge in [0.2, 0.25) is 5.78 Å². The lowest BCUT2D eigenvalue weighted by atomic mass is 10.0. The summed E-state index contributed by atoms with van der Waals surface area (Å²) < 4.78 is 0. The number of aromatic nitrogens is 2. The van der Waals surface area contributed by atoms with Crippen LogP contribution in [0.1, 0.15) is 16.1 Å². The summed E-state index contributed by atoms with van der Waals surface area (Å²) in [7, 11) is 0. The Labute approximate surface area is 152 Å². The maximum absolute atomic E-state index is 12.9. The standard InChI is InChI=1S/C23H16N2O/c26-22(18-12-6-2-7-13-18)21-16-20(17-10-4-1-5-11-17)24-23(25-21)19-14-8-3-9-15-19/h1-16H. The minimum Gasteiger partial charge on any atom is -0.287 e. The quantitative estimate of drug-likeness (QED) is 0.490. The van der Waals surface area contributed by atoms with E-state index in [1.807, 2.05) is 78.9 Å². The van der Waals surface area contributed by atoms with Crippen LogP contribution in [-0.4, -0.2) is 15.8 Å². The van der Waals surface area contributed by atoms with Gasteiger partial charge in [0.25, 0.3) is 0 Å². The van der Waals surface area contributed by atoms with Gasteiger partial charge in [-0.15, -0.1) is 0 Å². The van der Waals surface area contributed by atoms with Gasteiger partial charge < -0.3 is 0 Å². The molecule has 124 valence electrons. The number of benzene rings is 3. The van der Waals surface area contributed by atoms with Crippen LogP contribution in [0, 0.1) is 0 Å². The van der Waals surface area contributed by atoms with Gasteiger partial charge in [-0.25, -0.2) is 9.97 Å². The topological polar surface area (TPSA) is 42.9 Å². The fraction of sp³-hybridized carbons (Fsp3) is 0. The molecule has 3 heteroatoms. The third-order valence-electron chi connectivity index (χ3n) is 4.10. The third kappa shape index (κ3) is 3.28. The molecule has 4 rings (SSSR count). The third-order valence-corrected chi connectivity index (χ3v) is 4.10. The Kier molecular flexibility index (Phi) is 4.35. The first-order chi connectivity index (χ1) is 12.8. The van der Waals surface area contributed by atoms with Crippen molar-refractivity contribution in [1.29, 1.82) is 0 Å². The molecule has 0 aliphatic carbocycles. The van der Waals surface area contributed by atoms with E-state index >= 15 is 0 Å². The predicted molar refractivity (Wildman–Crippen MR) is 103 cm³/mol. The molecule has 26 heavy (non-hydrogen) atoms. The van der Waals surface area contributed by atoms with Crippen molar-refractivity contribution in [2.45, 2.75) is 0 Å². The molecule has 0 atom stereocenters. The predicted octanol–water partition coefficient (Wildman–Crippen LogP) is 5.04. The Bertz CT molecular complexity index is 972. The summed E-state index contributed by atoms with van der Waals surface area (Å²) in [6.45, 7) is 0. The summed E-state index contributed by atoms with van der Waals surface area (Å²) in [5.41, 5.74) is 3.58. The monoisotopic (exact) mass is 336 g/mol. The average molecular weight is 336 g/mol. The highest BCUT2D eigenvalue weighted by atomic mass is 16.1. The van der Waals surface area contributed by atoms with Gasteiger partial charge in [0.1, 0.15) is 5.69 Å². The molecule has 0 radical (unpaired) electrons. The molecule has 0 fully saturated rings. The average Bonchev–Trinajstić information content (AvgIpc) is 2.75. The second kappa shape index (κ2) is 7.11. The summed E-state index contributed by atoms with van der Waals surface area (Å²) in [4.78, 5) is 22.2. The second-order valence-corrected chi connectivity index (χ2v) is 5.89. The first-order valence-electron chi connectivity index (χ1n) is 8.41. The number of hydrogen-bond acceptors (Lipinski definition) is 3. The van der Waals surface area contributed by atoms with Crippen LogP contribution < -0.4 is 0 Å². The molecular weight excluding hydrogens is 320 g/mol. The van der Waals surface area contributed by atoms with Crippen molar-refractivity contribution in [1.82, 2.24) is 9.97 Å². The zero-order valence-electron chi connectivity index (χ0n) is 14.0. The van der Waals surface area contributed by atoms with Gasteiger partial charge in [0, 0.05) is 16.7 Å². The smallest absolute Gasteiger partial charge is 0.211 e. The lowest BCUT2D eigenvalue weighted by Crippen LogP contribution is -2.07. The molecule has 0 amide bonds. The molecular formula is C23H16N2O. The fourth-order valence-electron chi connectivity index (χ4n) is 2.77. The van der Waals surface area contributed by atoms with Crippen molar-refractivity contribution >= 4 is 5.78 Å². The summed E-state index contributed by atoms with van der Waals surface area (Å²) in [5.74, 6) is 0.439. The largest absolute Gasteiger partial charge is 0.287 e. The number of rotatable bonds is 4. The Balaban J connectivity index is 1.87. The van der Waals surface area contributed by atoms with Crippen molar-refractivity contribution < 1.29 is 4.79 Å². The first-order valence-corrected chi connectivity index (χ1v) is 8.41. The lowest BCUT2D eigenvalue weighted by molar-refractivity contribution is 0.103. The van der Waals surface area contributed by atoms with Gasteiger partial charge in [-0.3, -0.25) is 4.79 Å². The number of nitrogens with zero attached hydrogens (tertiary/aromatic N) is 2. The zero-order valence-corrected chi connectivity index (χ0v) is 14.0. The molecule has 3 nitrogen and oxygen atoms in total. The van der Waals surface area contributed by atoms with E-state index in [0.717, 1.165) is 16.8 Å². The summed E-state index contributed by atoms with van der Waals surface area (Å²) in [6.07, 6.45) is 0. The second-order valence-electron chi connectivity index (χ2n) is 5.89. The maximum Gasteiger partial charge on any atom is 0.211 e. The van der Waals surface area contributed by atoms with Gasteiger partial charge in [-0.1, -0.05) is 91.0 Å². The van der Waals surface area contributed by atoms with Gasteiger partial charge >= 0.3 is 0 Å². The molecule has 1 heterocycles. The highest BCUT2D eigenvalue weighted by Gasteiger charge is 2.15. The summed E-state index contributed by atoms with van der Waals surface area (Å²) in [6, 6.07) is 30.5. The Morgan fingerprint density at radius 3 is 1.77 bits per heavy atom. The Hall–Kier alpha value is -3.59. The van der Waals surface area contributed by atoms with Gasteiger partial charge in [-0.05, 0) is 6.07 Å². The molecule has 0 saturated carbocycles. The fourth-order valence-corrected chi connectivity index (χ4v) is 2.77. The molecule has 3 aromatic carbocycles.